The third-order valence-electron chi connectivity index (χ3n) is 11.5. The lowest BCUT2D eigenvalue weighted by Gasteiger charge is -2.29. The van der Waals surface area contributed by atoms with Crippen LogP contribution in [-0.2, 0) is 43.2 Å². The SMILES string of the molecule is CC(C)C[C@H](NC(=O)[C@H](CCCN=C(N)N)NC(=O)[C@H](CO)NC(=O)[C@H](CO)NC(=O)[C@H](CCCN=C(N)N)NC(=O)[C@H](CCCN=C(N)N)NC(=O)[C@@H]1CCCN1C(=O)[C@@H]1CCCN1)C(=O)N[C@@H](C)C=O. The zero-order chi connectivity index (χ0) is 53.9. The van der Waals surface area contributed by atoms with Gasteiger partial charge in [0, 0.05) is 26.2 Å². The number of carbonyl (C=O) groups excluding carboxylic acids is 9. The molecule has 406 valence electrons. The van der Waals surface area contributed by atoms with Gasteiger partial charge in [-0.05, 0) is 90.0 Å². The largest absolute Gasteiger partial charge is 0.394 e. The fourth-order valence-corrected chi connectivity index (χ4v) is 7.80. The van der Waals surface area contributed by atoms with Crippen molar-refractivity contribution in [2.24, 2.45) is 55.3 Å². The van der Waals surface area contributed by atoms with E-state index < -0.39 is 109 Å². The molecule has 0 aromatic rings. The van der Waals surface area contributed by atoms with E-state index in [1.165, 1.54) is 11.8 Å². The van der Waals surface area contributed by atoms with Crippen LogP contribution in [0, 0.1) is 5.92 Å². The molecule has 2 aliphatic heterocycles. The second-order valence-corrected chi connectivity index (χ2v) is 18.0. The number of hydrogen-bond acceptors (Lipinski definition) is 15. The molecule has 72 heavy (non-hydrogen) atoms. The molecule has 22 N–H and O–H groups in total. The fourth-order valence-electron chi connectivity index (χ4n) is 7.80. The van der Waals surface area contributed by atoms with Crippen molar-refractivity contribution in [2.45, 2.75) is 146 Å². The number of nitrogens with zero attached hydrogens (tertiary/aromatic N) is 4. The molecule has 8 amide bonds. The molecule has 0 aromatic heterocycles. The monoisotopic (exact) mass is 1020 g/mol. The Kier molecular flexibility index (Phi) is 27.4. The lowest BCUT2D eigenvalue weighted by Crippen LogP contribution is -2.61. The molecule has 0 aliphatic carbocycles. The first-order valence-corrected chi connectivity index (χ1v) is 24.1. The topological polar surface area (TPSA) is 487 Å². The Morgan fingerprint density at radius 1 is 0.583 bits per heavy atom. The number of hydrogen-bond donors (Lipinski definition) is 16. The summed E-state index contributed by atoms with van der Waals surface area (Å²) in [7, 11) is 0. The molecule has 2 fully saturated rings. The van der Waals surface area contributed by atoms with Crippen LogP contribution in [0.25, 0.3) is 0 Å². The van der Waals surface area contributed by atoms with Gasteiger partial charge in [0.05, 0.1) is 25.3 Å². The predicted molar refractivity (Wildman–Crippen MR) is 264 cm³/mol. The lowest BCUT2D eigenvalue weighted by molar-refractivity contribution is -0.141. The number of aliphatic imine (C=N–C) groups is 3. The Hall–Kier alpha value is -6.88. The molecule has 2 aliphatic rings. The van der Waals surface area contributed by atoms with Gasteiger partial charge < -0.3 is 96.8 Å². The highest BCUT2D eigenvalue weighted by molar-refractivity contribution is 5.98. The molecule has 9 atom stereocenters. The van der Waals surface area contributed by atoms with Crippen molar-refractivity contribution in [1.29, 1.82) is 0 Å². The summed E-state index contributed by atoms with van der Waals surface area (Å²) in [5.74, 6) is -7.11. The number of amides is 8. The molecule has 29 heteroatoms. The van der Waals surface area contributed by atoms with Crippen LogP contribution in [0.15, 0.2) is 15.0 Å². The van der Waals surface area contributed by atoms with Crippen LogP contribution in [0.1, 0.15) is 91.4 Å². The van der Waals surface area contributed by atoms with Crippen molar-refractivity contribution >= 4 is 71.4 Å². The van der Waals surface area contributed by atoms with E-state index >= 15 is 0 Å². The number of aliphatic hydroxyl groups excluding tert-OH is 2. The van der Waals surface area contributed by atoms with Crippen LogP contribution in [0.2, 0.25) is 0 Å². The zero-order valence-corrected chi connectivity index (χ0v) is 41.4. The second-order valence-electron chi connectivity index (χ2n) is 18.0. The summed E-state index contributed by atoms with van der Waals surface area (Å²) in [5.41, 5.74) is 32.7. The molecule has 2 saturated heterocycles. The summed E-state index contributed by atoms with van der Waals surface area (Å²) in [6, 6.07) is -10.9. The summed E-state index contributed by atoms with van der Waals surface area (Å²) in [6.07, 6.45) is 3.22. The smallest absolute Gasteiger partial charge is 0.245 e. The Bertz CT molecular complexity index is 1920. The Morgan fingerprint density at radius 2 is 0.986 bits per heavy atom. The minimum Gasteiger partial charge on any atom is -0.394 e. The number of aliphatic hydroxyl groups is 2. The van der Waals surface area contributed by atoms with E-state index in [9.17, 15) is 53.4 Å². The average molecular weight is 1020 g/mol. The molecule has 0 unspecified atom stereocenters. The van der Waals surface area contributed by atoms with E-state index in [1.807, 2.05) is 0 Å². The van der Waals surface area contributed by atoms with Crippen molar-refractivity contribution in [3.63, 3.8) is 0 Å². The summed E-state index contributed by atoms with van der Waals surface area (Å²) >= 11 is 0. The quantitative estimate of drug-likeness (QED) is 0.0129. The minimum atomic E-state index is -1.78. The molecule has 0 spiro atoms. The Morgan fingerprint density at radius 3 is 1.38 bits per heavy atom. The van der Waals surface area contributed by atoms with Gasteiger partial charge in [-0.15, -0.1) is 0 Å². The lowest BCUT2D eigenvalue weighted by atomic mass is 10.0. The number of nitrogens with two attached hydrogens (primary N) is 6. The van der Waals surface area contributed by atoms with Crippen molar-refractivity contribution in [1.82, 2.24) is 47.4 Å². The van der Waals surface area contributed by atoms with Gasteiger partial charge in [0.2, 0.25) is 47.3 Å². The first kappa shape index (κ1) is 61.2. The zero-order valence-electron chi connectivity index (χ0n) is 41.4. The molecule has 0 aromatic carbocycles. The van der Waals surface area contributed by atoms with Gasteiger partial charge in [-0.2, -0.15) is 0 Å². The first-order chi connectivity index (χ1) is 34.1. The molecule has 29 nitrogen and oxygen atoms in total. The molecule has 0 radical (unpaired) electrons. The number of rotatable bonds is 32. The van der Waals surface area contributed by atoms with Gasteiger partial charge in [0.25, 0.3) is 0 Å². The summed E-state index contributed by atoms with van der Waals surface area (Å²) in [6.45, 7) is 4.13. The molecule has 2 rings (SSSR count). The van der Waals surface area contributed by atoms with Gasteiger partial charge in [0.1, 0.15) is 48.6 Å². The van der Waals surface area contributed by atoms with Crippen LogP contribution in [0.5, 0.6) is 0 Å². The fraction of sp³-hybridized carbons (Fsp3) is 0.721. The highest BCUT2D eigenvalue weighted by atomic mass is 16.3. The Labute approximate surface area is 418 Å². The van der Waals surface area contributed by atoms with Gasteiger partial charge in [-0.1, -0.05) is 13.8 Å². The molecular formula is C43H78N18O11. The third-order valence-corrected chi connectivity index (χ3v) is 11.5. The van der Waals surface area contributed by atoms with Crippen molar-refractivity contribution < 1.29 is 53.4 Å². The van der Waals surface area contributed by atoms with Crippen molar-refractivity contribution in [3.05, 3.63) is 0 Å². The van der Waals surface area contributed by atoms with Crippen LogP contribution in [-0.4, -0.2) is 187 Å². The van der Waals surface area contributed by atoms with Crippen LogP contribution in [0.4, 0.5) is 0 Å². The molecule has 0 saturated carbocycles. The number of aldehydes is 1. The first-order valence-electron chi connectivity index (χ1n) is 24.1. The van der Waals surface area contributed by atoms with Crippen LogP contribution < -0.4 is 76.9 Å². The maximum atomic E-state index is 14.1. The summed E-state index contributed by atoms with van der Waals surface area (Å²) in [4.78, 5) is 133. The number of guanidine groups is 3. The van der Waals surface area contributed by atoms with Gasteiger partial charge in [-0.3, -0.25) is 53.3 Å². The normalized spacial score (nSPS) is 18.1. The number of nitrogens with one attached hydrogen (secondary N) is 8. The maximum absolute atomic E-state index is 14.1. The van der Waals surface area contributed by atoms with Crippen LogP contribution in [0.3, 0.4) is 0 Å². The van der Waals surface area contributed by atoms with Crippen molar-refractivity contribution in [2.75, 3.05) is 45.9 Å². The number of likely N-dealkylation sites (tertiary alicyclic amines) is 1. The molecule has 2 heterocycles. The minimum absolute atomic E-state index is 0.0114. The van der Waals surface area contributed by atoms with Crippen LogP contribution >= 0.6 is 0 Å². The Balaban J connectivity index is 2.32. The molecular weight excluding hydrogens is 945 g/mol. The second kappa shape index (κ2) is 32.2. The van der Waals surface area contributed by atoms with E-state index in [4.69, 9.17) is 34.4 Å². The summed E-state index contributed by atoms with van der Waals surface area (Å²) < 4.78 is 0. The van der Waals surface area contributed by atoms with E-state index in [0.29, 0.717) is 38.6 Å². The standard InChI is InChI=1S/C43H78N18O11/c1-23(2)19-29(36(68)54-24(3)20-62)58-34(66)25(9-4-15-51-41(44)45)56-37(69)30(21-63)60-38(70)31(22-64)59-35(67)26(10-5-16-52-42(46)47)55-33(65)27(11-6-17-53-43(48)49)57-39(71)32-13-8-18-61(32)40(72)28-12-7-14-50-28/h20,23-32,50,63-64H,4-19,21-22H2,1-3H3,(H,54,68)(H,55,65)(H,56,69)(H,57,71)(H,58,66)(H,59,67)(H,60,70)(H4,44,45,51)(H4,46,47,52)(H4,48,49,53)/t24-,25-,26-,27-,28-,29-,30-,31-,32-/m0/s1. The van der Waals surface area contributed by atoms with Gasteiger partial charge >= 0.3 is 0 Å². The van der Waals surface area contributed by atoms with Crippen molar-refractivity contribution in [3.8, 4) is 0 Å². The highest BCUT2D eigenvalue weighted by Gasteiger charge is 2.40. The highest BCUT2D eigenvalue weighted by Crippen LogP contribution is 2.21. The maximum Gasteiger partial charge on any atom is 0.245 e. The van der Waals surface area contributed by atoms with E-state index in [0.717, 1.165) is 6.42 Å². The van der Waals surface area contributed by atoms with E-state index in [1.54, 1.807) is 13.8 Å². The van der Waals surface area contributed by atoms with Gasteiger partial charge in [-0.25, -0.2) is 0 Å². The average Bonchev–Trinajstić information content (AvgIpc) is 4.06. The van der Waals surface area contributed by atoms with Gasteiger partial charge in [0.15, 0.2) is 17.9 Å². The third kappa shape index (κ3) is 22.0. The number of carbonyl (C=O) groups is 9. The summed E-state index contributed by atoms with van der Waals surface area (Å²) in [5, 5.41) is 41.1. The van der Waals surface area contributed by atoms with E-state index in [2.05, 4.69) is 57.5 Å². The predicted octanol–water partition coefficient (Wildman–Crippen LogP) is -7.47. The molecule has 0 bridgehead atoms. The van der Waals surface area contributed by atoms with E-state index in [-0.39, 0.29) is 94.3 Å².